The standard InChI is InChI=1S/C12H9ClO3/c1-15-11(14)5-3-8-2-4-10(13)12-9(8)6-7-16-12/h2-7H,1H3/b5-3+. The lowest BCUT2D eigenvalue weighted by Crippen LogP contribution is -1.93. The number of esters is 1. The van der Waals surface area contributed by atoms with Gasteiger partial charge in [-0.3, -0.25) is 0 Å². The third-order valence-electron chi connectivity index (χ3n) is 2.20. The summed E-state index contributed by atoms with van der Waals surface area (Å²) in [7, 11) is 1.34. The highest BCUT2D eigenvalue weighted by Gasteiger charge is 2.05. The first-order valence-electron chi connectivity index (χ1n) is 4.64. The number of carbonyl (C=O) groups is 1. The van der Waals surface area contributed by atoms with E-state index >= 15 is 0 Å². The molecule has 0 saturated heterocycles. The molecule has 0 unspecified atom stereocenters. The van der Waals surface area contributed by atoms with Gasteiger partial charge in [0.05, 0.1) is 18.4 Å². The summed E-state index contributed by atoms with van der Waals surface area (Å²) in [5, 5.41) is 1.42. The summed E-state index contributed by atoms with van der Waals surface area (Å²) in [6.07, 6.45) is 4.59. The van der Waals surface area contributed by atoms with Crippen LogP contribution in [0, 0.1) is 0 Å². The van der Waals surface area contributed by atoms with Crippen molar-refractivity contribution < 1.29 is 13.9 Å². The Hall–Kier alpha value is -1.74. The quantitative estimate of drug-likeness (QED) is 0.593. The highest BCUT2D eigenvalue weighted by molar-refractivity contribution is 6.35. The van der Waals surface area contributed by atoms with Crippen LogP contribution in [0.15, 0.2) is 35.0 Å². The van der Waals surface area contributed by atoms with E-state index in [4.69, 9.17) is 16.0 Å². The molecule has 0 aliphatic rings. The first-order chi connectivity index (χ1) is 7.72. The number of hydrogen-bond donors (Lipinski definition) is 0. The number of methoxy groups -OCH3 is 1. The SMILES string of the molecule is COC(=O)/C=C/c1ccc(Cl)c2occc12. The van der Waals surface area contributed by atoms with E-state index < -0.39 is 5.97 Å². The summed E-state index contributed by atoms with van der Waals surface area (Å²) < 4.78 is 9.75. The van der Waals surface area contributed by atoms with Gasteiger partial charge in [-0.25, -0.2) is 4.79 Å². The molecule has 3 nitrogen and oxygen atoms in total. The van der Waals surface area contributed by atoms with E-state index in [9.17, 15) is 4.79 Å². The van der Waals surface area contributed by atoms with E-state index in [-0.39, 0.29) is 0 Å². The second kappa shape index (κ2) is 4.41. The number of fused-ring (bicyclic) bond motifs is 1. The van der Waals surface area contributed by atoms with Crippen molar-refractivity contribution in [2.75, 3.05) is 7.11 Å². The molecule has 0 fully saturated rings. The number of rotatable bonds is 2. The average molecular weight is 237 g/mol. The maximum Gasteiger partial charge on any atom is 0.330 e. The van der Waals surface area contributed by atoms with Crippen LogP contribution < -0.4 is 0 Å². The molecule has 2 aromatic rings. The van der Waals surface area contributed by atoms with Gasteiger partial charge < -0.3 is 9.15 Å². The summed E-state index contributed by atoms with van der Waals surface area (Å²) in [5.41, 5.74) is 1.48. The Balaban J connectivity index is 2.46. The van der Waals surface area contributed by atoms with Crippen molar-refractivity contribution in [1.82, 2.24) is 0 Å². The predicted molar refractivity (Wildman–Crippen MR) is 62.3 cm³/mol. The molecule has 4 heteroatoms. The van der Waals surface area contributed by atoms with E-state index in [1.165, 1.54) is 13.2 Å². The number of benzene rings is 1. The summed E-state index contributed by atoms with van der Waals surface area (Å²) in [5.74, 6) is -0.397. The van der Waals surface area contributed by atoms with Gasteiger partial charge in [-0.2, -0.15) is 0 Å². The fraction of sp³-hybridized carbons (Fsp3) is 0.0833. The first-order valence-corrected chi connectivity index (χ1v) is 5.02. The Morgan fingerprint density at radius 2 is 2.25 bits per heavy atom. The van der Waals surface area contributed by atoms with Crippen LogP contribution in [0.3, 0.4) is 0 Å². The van der Waals surface area contributed by atoms with Crippen LogP contribution in [0.25, 0.3) is 17.0 Å². The van der Waals surface area contributed by atoms with E-state index in [1.54, 1.807) is 24.5 Å². The Labute approximate surface area is 97.3 Å². The molecule has 0 amide bonds. The monoisotopic (exact) mass is 236 g/mol. The van der Waals surface area contributed by atoms with E-state index in [0.717, 1.165) is 10.9 Å². The van der Waals surface area contributed by atoms with E-state index in [1.807, 2.05) is 6.07 Å². The Morgan fingerprint density at radius 3 is 3.00 bits per heavy atom. The third-order valence-corrected chi connectivity index (χ3v) is 2.50. The molecule has 0 bridgehead atoms. The van der Waals surface area contributed by atoms with Gasteiger partial charge >= 0.3 is 5.97 Å². The molecule has 0 saturated carbocycles. The van der Waals surface area contributed by atoms with Crippen molar-refractivity contribution in [1.29, 1.82) is 0 Å². The molecule has 0 atom stereocenters. The minimum absolute atomic E-state index is 0.397. The fourth-order valence-electron chi connectivity index (χ4n) is 1.42. The van der Waals surface area contributed by atoms with Gasteiger partial charge in [0, 0.05) is 11.5 Å². The van der Waals surface area contributed by atoms with Crippen LogP contribution in [-0.2, 0) is 9.53 Å². The van der Waals surface area contributed by atoms with Gasteiger partial charge in [0.1, 0.15) is 0 Å². The number of carbonyl (C=O) groups excluding carboxylic acids is 1. The van der Waals surface area contributed by atoms with Crippen LogP contribution in [0.5, 0.6) is 0 Å². The lowest BCUT2D eigenvalue weighted by atomic mass is 10.1. The zero-order chi connectivity index (χ0) is 11.5. The molecule has 0 aliphatic heterocycles. The minimum atomic E-state index is -0.397. The van der Waals surface area contributed by atoms with Crippen LogP contribution in [0.4, 0.5) is 0 Å². The second-order valence-electron chi connectivity index (χ2n) is 3.16. The first kappa shape index (κ1) is 10.8. The number of hydrogen-bond acceptors (Lipinski definition) is 3. The summed E-state index contributed by atoms with van der Waals surface area (Å²) in [6.45, 7) is 0. The normalized spacial score (nSPS) is 11.1. The molecule has 0 aliphatic carbocycles. The molecule has 2 rings (SSSR count). The summed E-state index contributed by atoms with van der Waals surface area (Å²) in [4.78, 5) is 11.0. The maximum absolute atomic E-state index is 11.0. The van der Waals surface area contributed by atoms with Crippen molar-refractivity contribution in [2.24, 2.45) is 0 Å². The van der Waals surface area contributed by atoms with Crippen molar-refractivity contribution in [2.45, 2.75) is 0 Å². The molecule has 82 valence electrons. The molecular formula is C12H9ClO3. The maximum atomic E-state index is 11.0. The molecule has 1 aromatic carbocycles. The lowest BCUT2D eigenvalue weighted by molar-refractivity contribution is -0.134. The molecule has 16 heavy (non-hydrogen) atoms. The summed E-state index contributed by atoms with van der Waals surface area (Å²) >= 11 is 5.95. The Bertz CT molecular complexity index is 554. The second-order valence-corrected chi connectivity index (χ2v) is 3.56. The number of ether oxygens (including phenoxy) is 1. The average Bonchev–Trinajstić information content (AvgIpc) is 2.77. The zero-order valence-corrected chi connectivity index (χ0v) is 9.32. The van der Waals surface area contributed by atoms with Crippen LogP contribution in [0.2, 0.25) is 5.02 Å². The highest BCUT2D eigenvalue weighted by atomic mass is 35.5. The van der Waals surface area contributed by atoms with Gasteiger partial charge in [0.25, 0.3) is 0 Å². The molecule has 0 N–H and O–H groups in total. The molecule has 0 spiro atoms. The van der Waals surface area contributed by atoms with E-state index in [0.29, 0.717) is 10.6 Å². The van der Waals surface area contributed by atoms with Crippen molar-refractivity contribution in [3.63, 3.8) is 0 Å². The summed E-state index contributed by atoms with van der Waals surface area (Å²) in [6, 6.07) is 5.35. The minimum Gasteiger partial charge on any atom is -0.466 e. The van der Waals surface area contributed by atoms with Crippen molar-refractivity contribution in [3.05, 3.63) is 41.1 Å². The topological polar surface area (TPSA) is 39.4 Å². The Kier molecular flexibility index (Phi) is 2.97. The third kappa shape index (κ3) is 1.95. The van der Waals surface area contributed by atoms with Gasteiger partial charge in [0.15, 0.2) is 5.58 Å². The lowest BCUT2D eigenvalue weighted by Gasteiger charge is -1.97. The van der Waals surface area contributed by atoms with Gasteiger partial charge in [-0.15, -0.1) is 0 Å². The number of halogens is 1. The van der Waals surface area contributed by atoms with Crippen LogP contribution in [0.1, 0.15) is 5.56 Å². The molecule has 1 heterocycles. The van der Waals surface area contributed by atoms with Gasteiger partial charge in [-0.1, -0.05) is 17.7 Å². The fourth-order valence-corrected chi connectivity index (χ4v) is 1.63. The van der Waals surface area contributed by atoms with Crippen molar-refractivity contribution in [3.8, 4) is 0 Å². The highest BCUT2D eigenvalue weighted by Crippen LogP contribution is 2.28. The molecular weight excluding hydrogens is 228 g/mol. The predicted octanol–water partition coefficient (Wildman–Crippen LogP) is 3.27. The zero-order valence-electron chi connectivity index (χ0n) is 8.57. The van der Waals surface area contributed by atoms with Crippen LogP contribution in [-0.4, -0.2) is 13.1 Å². The largest absolute Gasteiger partial charge is 0.466 e. The van der Waals surface area contributed by atoms with Crippen LogP contribution >= 0.6 is 11.6 Å². The number of furan rings is 1. The molecule has 0 radical (unpaired) electrons. The van der Waals surface area contributed by atoms with Gasteiger partial charge in [-0.05, 0) is 23.8 Å². The van der Waals surface area contributed by atoms with E-state index in [2.05, 4.69) is 4.74 Å². The Morgan fingerprint density at radius 1 is 1.44 bits per heavy atom. The smallest absolute Gasteiger partial charge is 0.330 e. The molecule has 1 aromatic heterocycles. The van der Waals surface area contributed by atoms with Crippen molar-refractivity contribution >= 4 is 34.6 Å². The van der Waals surface area contributed by atoms with Gasteiger partial charge in [0.2, 0.25) is 0 Å².